The van der Waals surface area contributed by atoms with Crippen LogP contribution in [-0.4, -0.2) is 65.7 Å². The van der Waals surface area contributed by atoms with Crippen molar-refractivity contribution in [2.75, 3.05) is 25.0 Å². The van der Waals surface area contributed by atoms with Gasteiger partial charge in [0.2, 0.25) is 0 Å². The highest BCUT2D eigenvalue weighted by Gasteiger charge is 2.21. The topological polar surface area (TPSA) is 198 Å². The van der Waals surface area contributed by atoms with Gasteiger partial charge in [0.15, 0.2) is 11.5 Å². The zero-order chi connectivity index (χ0) is 26.3. The van der Waals surface area contributed by atoms with E-state index in [1.807, 2.05) is 0 Å². The van der Waals surface area contributed by atoms with Crippen LogP contribution in [0, 0.1) is 0 Å². The summed E-state index contributed by atoms with van der Waals surface area (Å²) in [5.74, 6) is -6.34. The summed E-state index contributed by atoms with van der Waals surface area (Å²) in [5, 5.41) is 24.3. The van der Waals surface area contributed by atoms with E-state index in [-0.39, 0.29) is 22.5 Å². The molecule has 0 unspecified atom stereocenters. The van der Waals surface area contributed by atoms with Gasteiger partial charge in [0.05, 0.1) is 42.2 Å². The molecule has 0 aliphatic heterocycles. The highest BCUT2D eigenvalue weighted by Crippen LogP contribution is 2.20. The number of aromatic carboxylic acids is 2. The molecule has 0 aromatic heterocycles. The summed E-state index contributed by atoms with van der Waals surface area (Å²) in [6.45, 7) is 1.02. The van der Waals surface area contributed by atoms with Crippen molar-refractivity contribution in [3.05, 3.63) is 58.7 Å². The summed E-state index contributed by atoms with van der Waals surface area (Å²) in [6.07, 6.45) is 0. The number of esters is 2. The number of carbonyl (C=O) groups excluding carboxylic acids is 4. The molecule has 0 saturated heterocycles. The molecule has 0 heterocycles. The van der Waals surface area contributed by atoms with Crippen molar-refractivity contribution in [3.63, 3.8) is 0 Å². The van der Waals surface area contributed by atoms with Gasteiger partial charge in [0.1, 0.15) is 0 Å². The highest BCUT2D eigenvalue weighted by molar-refractivity contribution is 6.67. The molecule has 1 amide bonds. The number of Topliss-reactive ketones (excluding diaryl/α,β-unsaturated/α-hetero) is 1. The van der Waals surface area contributed by atoms with Gasteiger partial charge in [-0.3, -0.25) is 15.0 Å². The highest BCUT2D eigenvalue weighted by atomic mass is 16.5. The average molecular weight is 485 g/mol. The van der Waals surface area contributed by atoms with E-state index < -0.39 is 52.4 Å². The average Bonchev–Trinajstić information content (AvgIpc) is 2.82. The zero-order valence-electron chi connectivity index (χ0n) is 18.6. The maximum absolute atomic E-state index is 12.7. The van der Waals surface area contributed by atoms with Gasteiger partial charge in [-0.15, -0.1) is 0 Å². The number of nitrogens with zero attached hydrogens (tertiary/aromatic N) is 1. The van der Waals surface area contributed by atoms with E-state index in [0.717, 1.165) is 39.3 Å². The summed E-state index contributed by atoms with van der Waals surface area (Å²) in [5.41, 5.74) is 0.469. The molecule has 0 saturated carbocycles. The Bertz CT molecular complexity index is 1230. The van der Waals surface area contributed by atoms with Gasteiger partial charge >= 0.3 is 23.9 Å². The van der Waals surface area contributed by atoms with Crippen LogP contribution in [0.4, 0.5) is 11.4 Å². The molecule has 0 spiro atoms. The number of nitrogens with one attached hydrogen (secondary N) is 2. The maximum Gasteiger partial charge on any atom is 0.340 e. The van der Waals surface area contributed by atoms with Crippen LogP contribution in [-0.2, 0) is 19.1 Å². The first-order valence-corrected chi connectivity index (χ1v) is 9.56. The Labute approximate surface area is 197 Å². The van der Waals surface area contributed by atoms with Gasteiger partial charge in [-0.1, -0.05) is 0 Å². The summed E-state index contributed by atoms with van der Waals surface area (Å²) < 4.78 is 9.28. The predicted molar refractivity (Wildman–Crippen MR) is 120 cm³/mol. The molecule has 0 aliphatic rings. The second kappa shape index (κ2) is 11.2. The largest absolute Gasteiger partial charge is 0.478 e. The fraction of sp³-hybridized carbons (Fsp3) is 0.136. The van der Waals surface area contributed by atoms with Gasteiger partial charge in [-0.25, -0.2) is 19.2 Å². The molecule has 2 aromatic rings. The number of hydrogen-bond acceptors (Lipinski definition) is 10. The molecule has 0 bridgehead atoms. The van der Waals surface area contributed by atoms with E-state index in [1.165, 1.54) is 18.2 Å². The van der Waals surface area contributed by atoms with E-state index in [0.29, 0.717) is 0 Å². The molecule has 182 valence electrons. The molecule has 35 heavy (non-hydrogen) atoms. The molecule has 0 aliphatic carbocycles. The lowest BCUT2D eigenvalue weighted by Crippen LogP contribution is -2.29. The monoisotopic (exact) mass is 485 g/mol. The number of carbonyl (C=O) groups is 6. The fourth-order valence-electron chi connectivity index (χ4n) is 2.71. The Hall–Kier alpha value is -5.07. The number of rotatable bonds is 9. The van der Waals surface area contributed by atoms with Crippen LogP contribution in [0.25, 0.3) is 0 Å². The Kier molecular flexibility index (Phi) is 8.36. The third-order valence-corrected chi connectivity index (χ3v) is 4.37. The molecule has 0 atom stereocenters. The smallest absolute Gasteiger partial charge is 0.340 e. The van der Waals surface area contributed by atoms with Gasteiger partial charge in [-0.05, 0) is 36.4 Å². The SMILES string of the molecule is COC(=O)c1ccc(C(=O)OC)c(N/N=C(/C(C)=O)C(=O)Nc2cc(C(=O)O)cc(C(=O)O)c2)c1. The van der Waals surface area contributed by atoms with Crippen molar-refractivity contribution in [1.29, 1.82) is 0 Å². The number of carboxylic acids is 2. The molecular formula is C22H19N3O10. The van der Waals surface area contributed by atoms with Crippen LogP contribution in [0.15, 0.2) is 41.5 Å². The molecule has 13 heteroatoms. The van der Waals surface area contributed by atoms with Crippen LogP contribution in [0.1, 0.15) is 48.4 Å². The number of anilines is 2. The molecule has 13 nitrogen and oxygen atoms in total. The molecule has 2 rings (SSSR count). The lowest BCUT2D eigenvalue weighted by atomic mass is 10.1. The van der Waals surface area contributed by atoms with E-state index in [4.69, 9.17) is 10.2 Å². The minimum absolute atomic E-state index is 0.0263. The molecule has 0 fully saturated rings. The van der Waals surface area contributed by atoms with Crippen LogP contribution < -0.4 is 10.7 Å². The Morgan fingerprint density at radius 2 is 1.37 bits per heavy atom. The van der Waals surface area contributed by atoms with Crippen LogP contribution in [0.3, 0.4) is 0 Å². The van der Waals surface area contributed by atoms with Gasteiger partial charge in [-0.2, -0.15) is 5.10 Å². The number of ether oxygens (including phenoxy) is 2. The quantitative estimate of drug-likeness (QED) is 0.174. The van der Waals surface area contributed by atoms with Crippen molar-refractivity contribution in [1.82, 2.24) is 0 Å². The number of hydrogen-bond donors (Lipinski definition) is 4. The van der Waals surface area contributed by atoms with Crippen molar-refractivity contribution in [2.24, 2.45) is 5.10 Å². The maximum atomic E-state index is 12.7. The number of hydrazone groups is 1. The standard InChI is InChI=1S/C22H19N3O10/c1-10(26)17(18(27)23-14-7-12(19(28)29)6-13(8-14)20(30)31)25-24-16-9-11(21(32)34-2)4-5-15(16)22(33)35-3/h4-9,24H,1-3H3,(H,23,27)(H,28,29)(H,30,31)/b25-17-. The van der Waals surface area contributed by atoms with E-state index in [2.05, 4.69) is 25.3 Å². The molecule has 2 aromatic carbocycles. The third kappa shape index (κ3) is 6.47. The molecule has 4 N–H and O–H groups in total. The first-order chi connectivity index (χ1) is 16.5. The van der Waals surface area contributed by atoms with E-state index >= 15 is 0 Å². The third-order valence-electron chi connectivity index (χ3n) is 4.37. The second-order valence-electron chi connectivity index (χ2n) is 6.74. The lowest BCUT2D eigenvalue weighted by molar-refractivity contribution is -0.114. The fourth-order valence-corrected chi connectivity index (χ4v) is 2.71. The van der Waals surface area contributed by atoms with E-state index in [9.17, 15) is 28.8 Å². The first kappa shape index (κ1) is 26.2. The Morgan fingerprint density at radius 1 is 0.800 bits per heavy atom. The number of amides is 1. The van der Waals surface area contributed by atoms with Crippen molar-refractivity contribution < 1.29 is 48.5 Å². The minimum atomic E-state index is -1.44. The van der Waals surface area contributed by atoms with Gasteiger partial charge < -0.3 is 25.0 Å². The van der Waals surface area contributed by atoms with Crippen LogP contribution >= 0.6 is 0 Å². The molecular weight excluding hydrogens is 466 g/mol. The lowest BCUT2D eigenvalue weighted by Gasteiger charge is -2.11. The molecule has 0 radical (unpaired) electrons. The van der Waals surface area contributed by atoms with Crippen LogP contribution in [0.5, 0.6) is 0 Å². The first-order valence-electron chi connectivity index (χ1n) is 9.56. The van der Waals surface area contributed by atoms with Crippen molar-refractivity contribution >= 4 is 52.7 Å². The number of carboxylic acid groups (broad SMARTS) is 2. The number of methoxy groups -OCH3 is 2. The van der Waals surface area contributed by atoms with Crippen molar-refractivity contribution in [2.45, 2.75) is 6.92 Å². The predicted octanol–water partition coefficient (Wildman–Crippen LogP) is 1.65. The summed E-state index contributed by atoms with van der Waals surface area (Å²) in [4.78, 5) is 71.1. The normalized spacial score (nSPS) is 10.7. The van der Waals surface area contributed by atoms with Gasteiger partial charge in [0, 0.05) is 12.6 Å². The van der Waals surface area contributed by atoms with Gasteiger partial charge in [0.25, 0.3) is 5.91 Å². The van der Waals surface area contributed by atoms with Crippen molar-refractivity contribution in [3.8, 4) is 0 Å². The Balaban J connectivity index is 2.44. The summed E-state index contributed by atoms with van der Waals surface area (Å²) in [6, 6.07) is 6.60. The number of benzene rings is 2. The summed E-state index contributed by atoms with van der Waals surface area (Å²) >= 11 is 0. The second-order valence-corrected chi connectivity index (χ2v) is 6.74. The summed E-state index contributed by atoms with van der Waals surface area (Å²) in [7, 11) is 2.27. The van der Waals surface area contributed by atoms with Crippen LogP contribution in [0.2, 0.25) is 0 Å². The Morgan fingerprint density at radius 3 is 1.86 bits per heavy atom. The van der Waals surface area contributed by atoms with E-state index in [1.54, 1.807) is 0 Å². The minimum Gasteiger partial charge on any atom is -0.478 e. The zero-order valence-corrected chi connectivity index (χ0v) is 18.6. The number of ketones is 1.